The monoisotopic (exact) mass is 363 g/mol. The number of hydrogen-bond acceptors (Lipinski definition) is 3. The van der Waals surface area contributed by atoms with Crippen LogP contribution < -0.4 is 5.32 Å². The Balaban J connectivity index is 1.53. The quantitative estimate of drug-likeness (QED) is 0.841. The summed E-state index contributed by atoms with van der Waals surface area (Å²) in [5, 5.41) is 3.60. The van der Waals surface area contributed by atoms with E-state index in [1.54, 1.807) is 0 Å². The number of nitrogens with one attached hydrogen (secondary N) is 1. The topological polar surface area (TPSA) is 52.7 Å². The van der Waals surface area contributed by atoms with Crippen molar-refractivity contribution in [2.45, 2.75) is 31.6 Å². The van der Waals surface area contributed by atoms with Crippen molar-refractivity contribution in [1.29, 1.82) is 0 Å². The maximum absolute atomic E-state index is 13.0. The van der Waals surface area contributed by atoms with Gasteiger partial charge >= 0.3 is 0 Å². The van der Waals surface area contributed by atoms with Crippen LogP contribution >= 0.6 is 11.6 Å². The molecule has 3 rings (SSSR count). The highest BCUT2D eigenvalue weighted by atomic mass is 35.5. The molecule has 1 heterocycles. The van der Waals surface area contributed by atoms with Gasteiger partial charge in [0.25, 0.3) is 0 Å². The minimum absolute atomic E-state index is 0.0708. The molecule has 2 aliphatic rings. The predicted octanol–water partition coefficient (Wildman–Crippen LogP) is 2.04. The molecule has 2 fully saturated rings. The minimum Gasteiger partial charge on any atom is -0.355 e. The molecule has 0 atom stereocenters. The van der Waals surface area contributed by atoms with Crippen LogP contribution in [0, 0.1) is 0 Å². The second kappa shape index (κ2) is 7.75. The third-order valence-electron chi connectivity index (χ3n) is 5.16. The third-order valence-corrected chi connectivity index (χ3v) is 5.41. The second-order valence-electron chi connectivity index (χ2n) is 7.01. The molecule has 1 saturated carbocycles. The lowest BCUT2D eigenvalue weighted by molar-refractivity contribution is -0.136. The molecular formula is C19H26ClN3O2. The van der Waals surface area contributed by atoms with Crippen LogP contribution in [0.25, 0.3) is 0 Å². The molecule has 0 aromatic heterocycles. The van der Waals surface area contributed by atoms with Crippen molar-refractivity contribution < 1.29 is 9.59 Å². The number of hydrogen-bond donors (Lipinski definition) is 1. The second-order valence-corrected chi connectivity index (χ2v) is 7.44. The standard InChI is InChI=1S/C19H26ClN3O2/c1-2-9-21-17(24)14-22-10-12-23(13-11-22)18(25)19(7-8-19)15-3-5-16(20)6-4-15/h3-6H,2,7-14H2,1H3,(H,21,24). The van der Waals surface area contributed by atoms with Crippen LogP contribution in [0.3, 0.4) is 0 Å². The normalized spacial score (nSPS) is 19.5. The molecule has 6 heteroatoms. The molecule has 1 aliphatic heterocycles. The van der Waals surface area contributed by atoms with Crippen molar-refractivity contribution >= 4 is 23.4 Å². The van der Waals surface area contributed by atoms with Crippen LogP contribution in [0.1, 0.15) is 31.7 Å². The highest BCUT2D eigenvalue weighted by molar-refractivity contribution is 6.30. The molecule has 0 spiro atoms. The van der Waals surface area contributed by atoms with E-state index in [2.05, 4.69) is 10.2 Å². The van der Waals surface area contributed by atoms with E-state index in [9.17, 15) is 9.59 Å². The Kier molecular flexibility index (Phi) is 5.64. The summed E-state index contributed by atoms with van der Waals surface area (Å²) in [4.78, 5) is 28.9. The predicted molar refractivity (Wildman–Crippen MR) is 98.7 cm³/mol. The zero-order valence-corrected chi connectivity index (χ0v) is 15.5. The van der Waals surface area contributed by atoms with Crippen molar-refractivity contribution in [3.63, 3.8) is 0 Å². The molecule has 0 radical (unpaired) electrons. The van der Waals surface area contributed by atoms with E-state index < -0.39 is 0 Å². The molecule has 1 N–H and O–H groups in total. The first-order chi connectivity index (χ1) is 12.0. The average Bonchev–Trinajstić information content (AvgIpc) is 3.42. The Morgan fingerprint density at radius 3 is 2.32 bits per heavy atom. The number of halogens is 1. The Bertz CT molecular complexity index is 620. The molecule has 1 aromatic carbocycles. The van der Waals surface area contributed by atoms with Crippen molar-refractivity contribution in [2.24, 2.45) is 0 Å². The molecule has 0 unspecified atom stereocenters. The summed E-state index contributed by atoms with van der Waals surface area (Å²) in [6.07, 6.45) is 2.76. The molecule has 136 valence electrons. The fraction of sp³-hybridized carbons (Fsp3) is 0.579. The minimum atomic E-state index is -0.342. The summed E-state index contributed by atoms with van der Waals surface area (Å²) >= 11 is 5.97. The van der Waals surface area contributed by atoms with Crippen molar-refractivity contribution in [3.05, 3.63) is 34.9 Å². The van der Waals surface area contributed by atoms with Gasteiger partial charge in [-0.3, -0.25) is 14.5 Å². The van der Waals surface area contributed by atoms with Gasteiger partial charge in [0.1, 0.15) is 0 Å². The van der Waals surface area contributed by atoms with Gasteiger partial charge in [0.05, 0.1) is 12.0 Å². The average molecular weight is 364 g/mol. The number of nitrogens with zero attached hydrogens (tertiary/aromatic N) is 2. The summed E-state index contributed by atoms with van der Waals surface area (Å²) in [7, 11) is 0. The molecule has 0 bridgehead atoms. The van der Waals surface area contributed by atoms with Gasteiger partial charge in [-0.15, -0.1) is 0 Å². The van der Waals surface area contributed by atoms with Crippen LogP contribution in [-0.4, -0.2) is 60.9 Å². The van der Waals surface area contributed by atoms with E-state index >= 15 is 0 Å². The Labute approximate surface area is 154 Å². The van der Waals surface area contributed by atoms with Gasteiger partial charge in [0, 0.05) is 37.7 Å². The lowest BCUT2D eigenvalue weighted by atomic mass is 9.94. The molecule has 1 aromatic rings. The summed E-state index contributed by atoms with van der Waals surface area (Å²) < 4.78 is 0. The first-order valence-corrected chi connectivity index (χ1v) is 9.47. The number of carbonyl (C=O) groups is 2. The van der Waals surface area contributed by atoms with E-state index in [0.29, 0.717) is 24.7 Å². The van der Waals surface area contributed by atoms with E-state index in [4.69, 9.17) is 11.6 Å². The van der Waals surface area contributed by atoms with Crippen LogP contribution in [0.5, 0.6) is 0 Å². The number of rotatable bonds is 6. The number of benzene rings is 1. The summed E-state index contributed by atoms with van der Waals surface area (Å²) in [6.45, 7) is 6.07. The lowest BCUT2D eigenvalue weighted by Gasteiger charge is -2.36. The highest BCUT2D eigenvalue weighted by Gasteiger charge is 2.53. The van der Waals surface area contributed by atoms with Crippen LogP contribution in [0.15, 0.2) is 24.3 Å². The van der Waals surface area contributed by atoms with Crippen LogP contribution in [-0.2, 0) is 15.0 Å². The van der Waals surface area contributed by atoms with E-state index in [1.807, 2.05) is 36.1 Å². The molecular weight excluding hydrogens is 338 g/mol. The lowest BCUT2D eigenvalue weighted by Crippen LogP contribution is -2.53. The van der Waals surface area contributed by atoms with E-state index in [-0.39, 0.29) is 17.2 Å². The number of amides is 2. The van der Waals surface area contributed by atoms with Crippen LogP contribution in [0.4, 0.5) is 0 Å². The Morgan fingerprint density at radius 2 is 1.76 bits per heavy atom. The van der Waals surface area contributed by atoms with Gasteiger partial charge in [-0.05, 0) is 37.0 Å². The van der Waals surface area contributed by atoms with Gasteiger partial charge in [-0.2, -0.15) is 0 Å². The first-order valence-electron chi connectivity index (χ1n) is 9.09. The van der Waals surface area contributed by atoms with Gasteiger partial charge in [0.2, 0.25) is 11.8 Å². The van der Waals surface area contributed by atoms with Crippen molar-refractivity contribution in [1.82, 2.24) is 15.1 Å². The first kappa shape index (κ1) is 18.2. The molecule has 5 nitrogen and oxygen atoms in total. The van der Waals surface area contributed by atoms with Gasteiger partial charge < -0.3 is 10.2 Å². The number of carbonyl (C=O) groups excluding carboxylic acids is 2. The third kappa shape index (κ3) is 4.15. The van der Waals surface area contributed by atoms with E-state index in [0.717, 1.165) is 44.5 Å². The van der Waals surface area contributed by atoms with Crippen molar-refractivity contribution in [3.8, 4) is 0 Å². The maximum atomic E-state index is 13.0. The zero-order valence-electron chi connectivity index (χ0n) is 14.8. The largest absolute Gasteiger partial charge is 0.355 e. The fourth-order valence-corrected chi connectivity index (χ4v) is 3.58. The SMILES string of the molecule is CCCNC(=O)CN1CCN(C(=O)C2(c3ccc(Cl)cc3)CC2)CC1. The number of piperazine rings is 1. The molecule has 1 aliphatic carbocycles. The zero-order chi connectivity index (χ0) is 17.9. The summed E-state index contributed by atoms with van der Waals surface area (Å²) in [5.41, 5.74) is 0.730. The summed E-state index contributed by atoms with van der Waals surface area (Å²) in [6, 6.07) is 7.66. The van der Waals surface area contributed by atoms with Crippen molar-refractivity contribution in [2.75, 3.05) is 39.3 Å². The van der Waals surface area contributed by atoms with Gasteiger partial charge in [-0.25, -0.2) is 0 Å². The fourth-order valence-electron chi connectivity index (χ4n) is 3.46. The summed E-state index contributed by atoms with van der Waals surface area (Å²) in [5.74, 6) is 0.298. The Morgan fingerprint density at radius 1 is 1.12 bits per heavy atom. The van der Waals surface area contributed by atoms with Gasteiger partial charge in [-0.1, -0.05) is 30.7 Å². The van der Waals surface area contributed by atoms with E-state index in [1.165, 1.54) is 0 Å². The van der Waals surface area contributed by atoms with Crippen LogP contribution in [0.2, 0.25) is 5.02 Å². The molecule has 2 amide bonds. The maximum Gasteiger partial charge on any atom is 0.234 e. The molecule has 1 saturated heterocycles. The smallest absolute Gasteiger partial charge is 0.234 e. The highest BCUT2D eigenvalue weighted by Crippen LogP contribution is 2.49. The Hall–Kier alpha value is -1.59. The van der Waals surface area contributed by atoms with Gasteiger partial charge in [0.15, 0.2) is 0 Å². The molecule has 25 heavy (non-hydrogen) atoms.